The van der Waals surface area contributed by atoms with Crippen LogP contribution < -0.4 is 16.0 Å². The predicted octanol–water partition coefficient (Wildman–Crippen LogP) is 2.35. The normalized spacial score (nSPS) is 13.7. The molecule has 0 bridgehead atoms. The van der Waals surface area contributed by atoms with Crippen molar-refractivity contribution >= 4 is 11.8 Å². The summed E-state index contributed by atoms with van der Waals surface area (Å²) < 4.78 is 5.17. The maximum absolute atomic E-state index is 11.4. The van der Waals surface area contributed by atoms with E-state index in [-0.39, 0.29) is 16.9 Å². The van der Waals surface area contributed by atoms with Crippen LogP contribution in [0.1, 0.15) is 24.2 Å². The molecule has 0 amide bonds. The Hall–Kier alpha value is -1.79. The summed E-state index contributed by atoms with van der Waals surface area (Å²) in [5.74, 6) is 0.804. The van der Waals surface area contributed by atoms with E-state index in [9.17, 15) is 4.79 Å². The smallest absolute Gasteiger partial charge is 0.251 e. The zero-order chi connectivity index (χ0) is 15.2. The number of ether oxygens (including phenoxy) is 1. The van der Waals surface area contributed by atoms with Crippen LogP contribution in [0.2, 0.25) is 0 Å². The van der Waals surface area contributed by atoms with E-state index >= 15 is 0 Å². The lowest BCUT2D eigenvalue weighted by Crippen LogP contribution is -2.26. The van der Waals surface area contributed by atoms with Gasteiger partial charge in [-0.05, 0) is 24.1 Å². The Labute approximate surface area is 127 Å². The number of rotatable bonds is 6. The largest absolute Gasteiger partial charge is 0.497 e. The van der Waals surface area contributed by atoms with Crippen LogP contribution in [0.15, 0.2) is 46.5 Å². The molecule has 0 radical (unpaired) electrons. The number of benzene rings is 1. The number of H-pyrrole nitrogens is 1. The molecule has 2 rings (SSSR count). The van der Waals surface area contributed by atoms with Gasteiger partial charge in [0.05, 0.1) is 12.4 Å². The highest BCUT2D eigenvalue weighted by Gasteiger charge is 2.21. The first-order valence-electron chi connectivity index (χ1n) is 6.75. The van der Waals surface area contributed by atoms with Crippen molar-refractivity contribution in [3.05, 3.63) is 52.4 Å². The molecule has 1 aromatic carbocycles. The van der Waals surface area contributed by atoms with Gasteiger partial charge in [-0.1, -0.05) is 30.8 Å². The van der Waals surface area contributed by atoms with Crippen LogP contribution in [0.4, 0.5) is 0 Å². The molecule has 2 unspecified atom stereocenters. The molecule has 2 atom stereocenters. The summed E-state index contributed by atoms with van der Waals surface area (Å²) >= 11 is 1.47. The van der Waals surface area contributed by atoms with Crippen molar-refractivity contribution in [2.24, 2.45) is 5.73 Å². The Morgan fingerprint density at radius 1 is 1.33 bits per heavy atom. The van der Waals surface area contributed by atoms with Gasteiger partial charge in [0.15, 0.2) is 5.16 Å². The topological polar surface area (TPSA) is 81.0 Å². The summed E-state index contributed by atoms with van der Waals surface area (Å²) in [4.78, 5) is 18.3. The van der Waals surface area contributed by atoms with E-state index in [4.69, 9.17) is 10.5 Å². The fraction of sp³-hybridized carbons (Fsp3) is 0.333. The number of hydrogen-bond donors (Lipinski definition) is 2. The SMILES string of the molecule is CCC(N)C(Sc1nccc(=O)[nH]1)c1ccc(OC)cc1. The van der Waals surface area contributed by atoms with Gasteiger partial charge in [0.25, 0.3) is 5.56 Å². The van der Waals surface area contributed by atoms with Crippen LogP contribution in [-0.2, 0) is 0 Å². The number of thioether (sulfide) groups is 1. The molecule has 112 valence electrons. The minimum absolute atomic E-state index is 0.0199. The third-order valence-corrected chi connectivity index (χ3v) is 4.50. The predicted molar refractivity (Wildman–Crippen MR) is 84.7 cm³/mol. The molecule has 0 spiro atoms. The van der Waals surface area contributed by atoms with Crippen molar-refractivity contribution in [2.45, 2.75) is 29.8 Å². The zero-order valence-electron chi connectivity index (χ0n) is 12.1. The molecular weight excluding hydrogens is 286 g/mol. The Kier molecular flexibility index (Phi) is 5.41. The van der Waals surface area contributed by atoms with E-state index in [1.807, 2.05) is 31.2 Å². The fourth-order valence-corrected chi connectivity index (χ4v) is 3.12. The zero-order valence-corrected chi connectivity index (χ0v) is 12.9. The van der Waals surface area contributed by atoms with Crippen molar-refractivity contribution in [3.63, 3.8) is 0 Å². The van der Waals surface area contributed by atoms with Crippen LogP contribution >= 0.6 is 11.8 Å². The quantitative estimate of drug-likeness (QED) is 0.632. The highest BCUT2D eigenvalue weighted by molar-refractivity contribution is 7.99. The summed E-state index contributed by atoms with van der Waals surface area (Å²) in [6.07, 6.45) is 2.34. The molecule has 2 aromatic rings. The van der Waals surface area contributed by atoms with Crippen molar-refractivity contribution in [1.82, 2.24) is 9.97 Å². The van der Waals surface area contributed by atoms with Crippen LogP contribution in [0, 0.1) is 0 Å². The van der Waals surface area contributed by atoms with Crippen molar-refractivity contribution in [1.29, 1.82) is 0 Å². The van der Waals surface area contributed by atoms with Crippen LogP contribution in [0.5, 0.6) is 5.75 Å². The summed E-state index contributed by atoms with van der Waals surface area (Å²) in [5, 5.41) is 0.596. The first-order chi connectivity index (χ1) is 10.1. The molecule has 0 aliphatic heterocycles. The van der Waals surface area contributed by atoms with Crippen molar-refractivity contribution in [3.8, 4) is 5.75 Å². The molecule has 0 aliphatic carbocycles. The second-order valence-electron chi connectivity index (χ2n) is 4.62. The lowest BCUT2D eigenvalue weighted by Gasteiger charge is -2.22. The fourth-order valence-electron chi connectivity index (χ4n) is 1.94. The second kappa shape index (κ2) is 7.28. The molecular formula is C15H19N3O2S. The van der Waals surface area contributed by atoms with E-state index in [0.717, 1.165) is 17.7 Å². The first kappa shape index (κ1) is 15.6. The van der Waals surface area contributed by atoms with Gasteiger partial charge in [0.1, 0.15) is 5.75 Å². The number of hydrogen-bond acceptors (Lipinski definition) is 5. The van der Waals surface area contributed by atoms with Crippen LogP contribution in [-0.4, -0.2) is 23.1 Å². The summed E-state index contributed by atoms with van der Waals surface area (Å²) in [5.41, 5.74) is 7.16. The number of nitrogens with zero attached hydrogens (tertiary/aromatic N) is 1. The van der Waals surface area contributed by atoms with Gasteiger partial charge in [0.2, 0.25) is 0 Å². The molecule has 3 N–H and O–H groups in total. The first-order valence-corrected chi connectivity index (χ1v) is 7.63. The van der Waals surface area contributed by atoms with E-state index in [1.54, 1.807) is 7.11 Å². The summed E-state index contributed by atoms with van der Waals surface area (Å²) in [6.45, 7) is 2.04. The molecule has 21 heavy (non-hydrogen) atoms. The molecule has 0 fully saturated rings. The Morgan fingerprint density at radius 2 is 2.05 bits per heavy atom. The lowest BCUT2D eigenvalue weighted by molar-refractivity contribution is 0.414. The third kappa shape index (κ3) is 4.09. The second-order valence-corrected chi connectivity index (χ2v) is 5.75. The molecule has 1 heterocycles. The number of aromatic nitrogens is 2. The van der Waals surface area contributed by atoms with Crippen molar-refractivity contribution < 1.29 is 4.74 Å². The van der Waals surface area contributed by atoms with E-state index < -0.39 is 0 Å². The van der Waals surface area contributed by atoms with E-state index in [0.29, 0.717) is 5.16 Å². The molecule has 1 aromatic heterocycles. The van der Waals surface area contributed by atoms with Gasteiger partial charge in [-0.3, -0.25) is 4.79 Å². The Bertz CT molecular complexity index is 627. The summed E-state index contributed by atoms with van der Waals surface area (Å²) in [6, 6.07) is 9.17. The number of aromatic amines is 1. The average Bonchev–Trinajstić information content (AvgIpc) is 2.52. The number of methoxy groups -OCH3 is 1. The van der Waals surface area contributed by atoms with Gasteiger partial charge in [0, 0.05) is 18.3 Å². The average molecular weight is 305 g/mol. The van der Waals surface area contributed by atoms with Crippen LogP contribution in [0.3, 0.4) is 0 Å². The van der Waals surface area contributed by atoms with Crippen molar-refractivity contribution in [2.75, 3.05) is 7.11 Å². The maximum atomic E-state index is 11.4. The van der Waals surface area contributed by atoms with Gasteiger partial charge >= 0.3 is 0 Å². The van der Waals surface area contributed by atoms with Gasteiger partial charge in [-0.15, -0.1) is 0 Å². The molecule has 0 saturated heterocycles. The highest BCUT2D eigenvalue weighted by atomic mass is 32.2. The van der Waals surface area contributed by atoms with Gasteiger partial charge in [-0.25, -0.2) is 4.98 Å². The van der Waals surface area contributed by atoms with Gasteiger partial charge in [-0.2, -0.15) is 0 Å². The molecule has 5 nitrogen and oxygen atoms in total. The summed E-state index contributed by atoms with van der Waals surface area (Å²) in [7, 11) is 1.64. The molecule has 0 saturated carbocycles. The van der Waals surface area contributed by atoms with E-state index in [2.05, 4.69) is 9.97 Å². The minimum Gasteiger partial charge on any atom is -0.497 e. The monoisotopic (exact) mass is 305 g/mol. The molecule has 6 heteroatoms. The van der Waals surface area contributed by atoms with E-state index in [1.165, 1.54) is 24.0 Å². The third-order valence-electron chi connectivity index (χ3n) is 3.19. The van der Waals surface area contributed by atoms with Crippen LogP contribution in [0.25, 0.3) is 0 Å². The Morgan fingerprint density at radius 3 is 2.62 bits per heavy atom. The lowest BCUT2D eigenvalue weighted by atomic mass is 10.0. The number of nitrogens with two attached hydrogens (primary N) is 1. The van der Waals surface area contributed by atoms with Gasteiger partial charge < -0.3 is 15.5 Å². The number of nitrogens with one attached hydrogen (secondary N) is 1. The highest BCUT2D eigenvalue weighted by Crippen LogP contribution is 2.36. The molecule has 0 aliphatic rings. The minimum atomic E-state index is -0.161. The maximum Gasteiger partial charge on any atom is 0.251 e. The standard InChI is InChI=1S/C15H19N3O2S/c1-3-12(16)14(10-4-6-11(20-2)7-5-10)21-15-17-9-8-13(19)18-15/h4-9,12,14H,3,16H2,1-2H3,(H,17,18,19). The Balaban J connectivity index is 2.27.